The fourth-order valence-corrected chi connectivity index (χ4v) is 7.02. The van der Waals surface area contributed by atoms with E-state index in [1.807, 2.05) is 85.8 Å². The van der Waals surface area contributed by atoms with E-state index >= 15 is 0 Å². The van der Waals surface area contributed by atoms with Crippen molar-refractivity contribution in [1.82, 2.24) is 30.5 Å². The number of anilines is 4. The molecule has 3 aromatic carbocycles. The molecule has 1 aliphatic rings. The molecule has 0 spiro atoms. The average Bonchev–Trinajstić information content (AvgIpc) is 3.70. The van der Waals surface area contributed by atoms with E-state index in [2.05, 4.69) is 68.8 Å². The number of urea groups is 1. The molecule has 6 rings (SSSR count). The van der Waals surface area contributed by atoms with Gasteiger partial charge >= 0.3 is 6.03 Å². The first-order valence-electron chi connectivity index (χ1n) is 20.0. The van der Waals surface area contributed by atoms with Crippen LogP contribution in [0.3, 0.4) is 0 Å². The lowest BCUT2D eigenvalue weighted by molar-refractivity contribution is 0.0938. The van der Waals surface area contributed by atoms with E-state index in [0.717, 1.165) is 60.1 Å². The molecule has 0 saturated carbocycles. The number of benzene rings is 3. The predicted molar refractivity (Wildman–Crippen MR) is 233 cm³/mol. The number of hydrogen-bond acceptors (Lipinski definition) is 11. The Bertz CT molecular complexity index is 2220. The zero-order chi connectivity index (χ0) is 41.9. The molecule has 59 heavy (non-hydrogen) atoms. The van der Waals surface area contributed by atoms with Crippen molar-refractivity contribution in [2.45, 2.75) is 60.2 Å². The number of methoxy groups -OCH3 is 1. The highest BCUT2D eigenvalue weighted by molar-refractivity contribution is 6.04. The number of nitrogens with one attached hydrogen (secondary N) is 4. The maximum absolute atomic E-state index is 13.7. The van der Waals surface area contributed by atoms with Crippen LogP contribution in [0, 0.1) is 18.3 Å². The Kier molecular flexibility index (Phi) is 14.1. The minimum atomic E-state index is -0.421. The smallest absolute Gasteiger partial charge is 0.324 e. The first kappa shape index (κ1) is 42.5. The molecule has 0 radical (unpaired) electrons. The van der Waals surface area contributed by atoms with E-state index in [1.165, 1.54) is 17.4 Å². The van der Waals surface area contributed by atoms with Gasteiger partial charge in [-0.15, -0.1) is 0 Å². The molecular formula is C45H56N10O4. The summed E-state index contributed by atoms with van der Waals surface area (Å²) >= 11 is 0. The van der Waals surface area contributed by atoms with Crippen LogP contribution in [0.15, 0.2) is 103 Å². The van der Waals surface area contributed by atoms with Gasteiger partial charge in [0, 0.05) is 50.3 Å². The highest BCUT2D eigenvalue weighted by Gasteiger charge is 2.24. The Balaban J connectivity index is 1.07. The average molecular weight is 801 g/mol. The van der Waals surface area contributed by atoms with E-state index in [1.54, 1.807) is 13.3 Å². The Morgan fingerprint density at radius 1 is 1.00 bits per heavy atom. The largest absolute Gasteiger partial charge is 0.488 e. The van der Waals surface area contributed by atoms with Crippen LogP contribution < -0.4 is 36.9 Å². The van der Waals surface area contributed by atoms with Gasteiger partial charge in [0.05, 0.1) is 29.9 Å². The number of carbonyl (C=O) groups is 2. The van der Waals surface area contributed by atoms with E-state index in [4.69, 9.17) is 15.3 Å². The summed E-state index contributed by atoms with van der Waals surface area (Å²) in [5.41, 5.74) is 3.55. The molecule has 2 aromatic heterocycles. The van der Waals surface area contributed by atoms with Crippen LogP contribution in [-0.4, -0.2) is 71.2 Å². The molecular weight excluding hydrogens is 745 g/mol. The molecule has 1 unspecified atom stereocenters. The quantitative estimate of drug-likeness (QED) is 0.0494. The number of aryl methyl sites for hydroxylation is 1. The highest BCUT2D eigenvalue weighted by Crippen LogP contribution is 2.33. The second-order valence-electron chi connectivity index (χ2n) is 15.8. The minimum Gasteiger partial charge on any atom is -0.488 e. The van der Waals surface area contributed by atoms with Crippen molar-refractivity contribution < 1.29 is 19.1 Å². The van der Waals surface area contributed by atoms with Crippen molar-refractivity contribution in [2.75, 3.05) is 48.9 Å². The highest BCUT2D eigenvalue weighted by atomic mass is 16.5. The second-order valence-corrected chi connectivity index (χ2v) is 15.8. The molecule has 14 nitrogen and oxygen atoms in total. The number of hydrazine groups is 1. The van der Waals surface area contributed by atoms with Crippen molar-refractivity contribution >= 4 is 45.7 Å². The molecule has 1 saturated heterocycles. The summed E-state index contributed by atoms with van der Waals surface area (Å²) < 4.78 is 11.7. The van der Waals surface area contributed by atoms with Gasteiger partial charge in [-0.3, -0.25) is 20.0 Å². The Labute approximate surface area is 346 Å². The molecule has 2 atom stereocenters. The first-order valence-corrected chi connectivity index (χ1v) is 20.0. The number of pyridine rings is 1. The summed E-state index contributed by atoms with van der Waals surface area (Å²) in [7, 11) is 1.73. The van der Waals surface area contributed by atoms with Gasteiger partial charge < -0.3 is 25.4 Å². The fourth-order valence-electron chi connectivity index (χ4n) is 7.02. The molecule has 6 N–H and O–H groups in total. The number of nitrogens with zero attached hydrogens (tertiary/aromatic N) is 5. The van der Waals surface area contributed by atoms with Crippen molar-refractivity contribution in [3.63, 3.8) is 0 Å². The SMILES string of the molecule is CCC(/C=C(/NC(=O)Nc1ccc(OCc2ccnc(Nc3cnc(C(=O)NCCN4CC[C@@H](OC)C4)cn3)c2)c2ccccc12)N(N)c1ccc(C)cc1)C(C)(C)C. The lowest BCUT2D eigenvalue weighted by Crippen LogP contribution is -2.42. The number of aromatic nitrogens is 3. The van der Waals surface area contributed by atoms with E-state index in [9.17, 15) is 9.59 Å². The van der Waals surface area contributed by atoms with Gasteiger partial charge in [-0.25, -0.2) is 25.6 Å². The van der Waals surface area contributed by atoms with Gasteiger partial charge in [0.25, 0.3) is 5.91 Å². The van der Waals surface area contributed by atoms with Crippen LogP contribution in [-0.2, 0) is 11.3 Å². The lowest BCUT2D eigenvalue weighted by Gasteiger charge is -2.30. The molecule has 14 heteroatoms. The lowest BCUT2D eigenvalue weighted by atomic mass is 9.79. The molecule has 3 heterocycles. The van der Waals surface area contributed by atoms with Crippen LogP contribution in [0.1, 0.15) is 62.2 Å². The van der Waals surface area contributed by atoms with Crippen LogP contribution >= 0.6 is 0 Å². The summed E-state index contributed by atoms with van der Waals surface area (Å²) in [4.78, 5) is 41.7. The summed E-state index contributed by atoms with van der Waals surface area (Å²) in [6, 6.07) is 22.6. The number of rotatable bonds is 16. The maximum atomic E-state index is 13.7. The predicted octanol–water partition coefficient (Wildman–Crippen LogP) is 7.52. The number of fused-ring (bicyclic) bond motifs is 1. The molecule has 1 aliphatic heterocycles. The summed E-state index contributed by atoms with van der Waals surface area (Å²) in [6.07, 6.45) is 8.81. The fraction of sp³-hybridized carbons (Fsp3) is 0.356. The number of ether oxygens (including phenoxy) is 2. The molecule has 0 bridgehead atoms. The summed E-state index contributed by atoms with van der Waals surface area (Å²) in [6.45, 7) is 14.0. The van der Waals surface area contributed by atoms with Crippen molar-refractivity contribution in [3.8, 4) is 5.75 Å². The third kappa shape index (κ3) is 11.5. The van der Waals surface area contributed by atoms with Gasteiger partial charge in [0.15, 0.2) is 0 Å². The van der Waals surface area contributed by atoms with Gasteiger partial charge in [0.2, 0.25) is 0 Å². The van der Waals surface area contributed by atoms with Gasteiger partial charge in [-0.05, 0) is 79.1 Å². The number of nitrogens with two attached hydrogens (primary N) is 1. The van der Waals surface area contributed by atoms with Crippen LogP contribution in [0.4, 0.5) is 27.8 Å². The second kappa shape index (κ2) is 19.6. The number of likely N-dealkylation sites (tertiary alicyclic amines) is 1. The van der Waals surface area contributed by atoms with Crippen LogP contribution in [0.25, 0.3) is 10.8 Å². The summed E-state index contributed by atoms with van der Waals surface area (Å²) in [5, 5.41) is 15.3. The summed E-state index contributed by atoms with van der Waals surface area (Å²) in [5.74, 6) is 8.66. The van der Waals surface area contributed by atoms with Crippen molar-refractivity contribution in [1.29, 1.82) is 0 Å². The van der Waals surface area contributed by atoms with Gasteiger partial charge in [0.1, 0.15) is 35.5 Å². The first-order chi connectivity index (χ1) is 28.4. The number of hydrogen-bond donors (Lipinski definition) is 5. The Hall–Kier alpha value is -6.09. The van der Waals surface area contributed by atoms with Crippen LogP contribution in [0.2, 0.25) is 0 Å². The van der Waals surface area contributed by atoms with Crippen LogP contribution in [0.5, 0.6) is 5.75 Å². The maximum Gasteiger partial charge on any atom is 0.324 e. The van der Waals surface area contributed by atoms with Crippen molar-refractivity contribution in [3.05, 3.63) is 120 Å². The van der Waals surface area contributed by atoms with Gasteiger partial charge in [-0.2, -0.15) is 0 Å². The molecule has 5 aromatic rings. The Morgan fingerprint density at radius 3 is 2.47 bits per heavy atom. The zero-order valence-electron chi connectivity index (χ0n) is 34.8. The molecule has 3 amide bonds. The molecule has 1 fully saturated rings. The van der Waals surface area contributed by atoms with E-state index < -0.39 is 6.03 Å². The third-order valence-corrected chi connectivity index (χ3v) is 10.5. The van der Waals surface area contributed by atoms with E-state index in [0.29, 0.717) is 35.4 Å². The normalized spacial score (nSPS) is 15.1. The monoisotopic (exact) mass is 800 g/mol. The molecule has 0 aliphatic carbocycles. The number of allylic oxidation sites excluding steroid dienone is 1. The topological polar surface area (TPSA) is 172 Å². The van der Waals surface area contributed by atoms with Gasteiger partial charge in [-0.1, -0.05) is 69.7 Å². The standard InChI is InChI=1S/C45H56N10O4/c1-7-32(45(3,4)5)25-42(55(46)33-14-12-30(2)13-15-33)53-44(57)51-37-16-17-39(36-11-9-8-10-35(36)37)59-29-31-18-20-47-40(24-31)52-41-27-49-38(26-50-41)43(56)48-21-23-54-22-19-34(28-54)58-6/h8-18,20,24-27,32,34H,7,19,21-23,28-29,46H2,1-6H3,(H,48,56)(H,47,50,52)(H2,51,53,57)/b42-25-/t32?,34-/m1/s1. The van der Waals surface area contributed by atoms with Crippen molar-refractivity contribution in [2.24, 2.45) is 17.2 Å². The number of amides is 3. The van der Waals surface area contributed by atoms with E-state index in [-0.39, 0.29) is 35.6 Å². The Morgan fingerprint density at radius 2 is 1.78 bits per heavy atom. The minimum absolute atomic E-state index is 0.0445. The number of carbonyl (C=O) groups excluding carboxylic acids is 2. The zero-order valence-corrected chi connectivity index (χ0v) is 34.8. The molecule has 310 valence electrons. The third-order valence-electron chi connectivity index (χ3n) is 10.5.